The van der Waals surface area contributed by atoms with E-state index in [4.69, 9.17) is 4.74 Å². The Morgan fingerprint density at radius 3 is 2.38 bits per heavy atom. The highest BCUT2D eigenvalue weighted by Crippen LogP contribution is 2.14. The molecule has 13 heavy (non-hydrogen) atoms. The van der Waals surface area contributed by atoms with E-state index in [1.807, 2.05) is 6.92 Å². The molecule has 1 rings (SSSR count). The van der Waals surface area contributed by atoms with Gasteiger partial charge in [0.2, 0.25) is 0 Å². The second-order valence-corrected chi connectivity index (χ2v) is 4.31. The van der Waals surface area contributed by atoms with Gasteiger partial charge in [0, 0.05) is 19.6 Å². The standard InChI is InChI=1S/C8H10Br2N2O/c1-5(13-2)3-8-11-6(9)4-7(10)12-8/h4-5H,3H2,1-2H3. The number of rotatable bonds is 3. The Morgan fingerprint density at radius 1 is 1.38 bits per heavy atom. The summed E-state index contributed by atoms with van der Waals surface area (Å²) in [7, 11) is 1.68. The monoisotopic (exact) mass is 308 g/mol. The lowest BCUT2D eigenvalue weighted by Gasteiger charge is -2.07. The van der Waals surface area contributed by atoms with Crippen molar-refractivity contribution in [2.75, 3.05) is 7.11 Å². The van der Waals surface area contributed by atoms with Crippen LogP contribution in [0.15, 0.2) is 15.3 Å². The van der Waals surface area contributed by atoms with Crippen molar-refractivity contribution in [2.45, 2.75) is 19.4 Å². The number of methoxy groups -OCH3 is 1. The molecule has 0 aliphatic heterocycles. The molecule has 5 heteroatoms. The summed E-state index contributed by atoms with van der Waals surface area (Å²) in [6, 6.07) is 1.81. The third-order valence-corrected chi connectivity index (χ3v) is 2.39. The first-order valence-electron chi connectivity index (χ1n) is 3.83. The minimum atomic E-state index is 0.140. The molecule has 0 spiro atoms. The van der Waals surface area contributed by atoms with Gasteiger partial charge in [-0.3, -0.25) is 0 Å². The summed E-state index contributed by atoms with van der Waals surface area (Å²) < 4.78 is 6.69. The molecule has 0 amide bonds. The van der Waals surface area contributed by atoms with Crippen molar-refractivity contribution in [2.24, 2.45) is 0 Å². The summed E-state index contributed by atoms with van der Waals surface area (Å²) in [4.78, 5) is 8.43. The largest absolute Gasteiger partial charge is 0.381 e. The summed E-state index contributed by atoms with van der Waals surface area (Å²) in [5.41, 5.74) is 0. The fourth-order valence-electron chi connectivity index (χ4n) is 0.866. The SMILES string of the molecule is COC(C)Cc1nc(Br)cc(Br)n1. The van der Waals surface area contributed by atoms with Crippen LogP contribution in [-0.2, 0) is 11.2 Å². The number of hydrogen-bond acceptors (Lipinski definition) is 3. The van der Waals surface area contributed by atoms with Crippen molar-refractivity contribution in [1.82, 2.24) is 9.97 Å². The normalized spacial score (nSPS) is 12.9. The number of aromatic nitrogens is 2. The zero-order chi connectivity index (χ0) is 9.84. The van der Waals surface area contributed by atoms with Crippen LogP contribution in [0.1, 0.15) is 12.7 Å². The molecule has 1 atom stereocenters. The van der Waals surface area contributed by atoms with E-state index in [0.717, 1.165) is 15.0 Å². The Hall–Kier alpha value is -0.0000000000000000555. The Balaban J connectivity index is 2.77. The number of halogens is 2. The average molecular weight is 310 g/mol. The molecule has 0 saturated carbocycles. The van der Waals surface area contributed by atoms with E-state index in [-0.39, 0.29) is 6.10 Å². The summed E-state index contributed by atoms with van der Waals surface area (Å²) in [6.45, 7) is 1.98. The van der Waals surface area contributed by atoms with Gasteiger partial charge in [0.1, 0.15) is 15.0 Å². The maximum absolute atomic E-state index is 5.12. The van der Waals surface area contributed by atoms with Gasteiger partial charge in [-0.05, 0) is 38.8 Å². The van der Waals surface area contributed by atoms with Crippen LogP contribution in [0.4, 0.5) is 0 Å². The van der Waals surface area contributed by atoms with E-state index >= 15 is 0 Å². The van der Waals surface area contributed by atoms with Crippen LogP contribution < -0.4 is 0 Å². The summed E-state index contributed by atoms with van der Waals surface area (Å²) in [5.74, 6) is 0.774. The minimum Gasteiger partial charge on any atom is -0.381 e. The minimum absolute atomic E-state index is 0.140. The van der Waals surface area contributed by atoms with Crippen molar-refractivity contribution in [1.29, 1.82) is 0 Å². The fraction of sp³-hybridized carbons (Fsp3) is 0.500. The van der Waals surface area contributed by atoms with Gasteiger partial charge in [0.25, 0.3) is 0 Å². The number of ether oxygens (including phenoxy) is 1. The summed E-state index contributed by atoms with van der Waals surface area (Å²) in [5, 5.41) is 0. The summed E-state index contributed by atoms with van der Waals surface area (Å²) >= 11 is 6.61. The lowest BCUT2D eigenvalue weighted by Crippen LogP contribution is -2.11. The Bertz CT molecular complexity index is 273. The topological polar surface area (TPSA) is 35.0 Å². The van der Waals surface area contributed by atoms with E-state index in [2.05, 4.69) is 41.8 Å². The third-order valence-electron chi connectivity index (χ3n) is 1.58. The van der Waals surface area contributed by atoms with Gasteiger partial charge in [-0.25, -0.2) is 9.97 Å². The van der Waals surface area contributed by atoms with E-state index in [1.54, 1.807) is 13.2 Å². The molecule has 0 radical (unpaired) electrons. The van der Waals surface area contributed by atoms with Crippen LogP contribution in [0, 0.1) is 0 Å². The average Bonchev–Trinajstić information content (AvgIpc) is 2.02. The Kier molecular flexibility index (Phi) is 4.28. The molecule has 72 valence electrons. The van der Waals surface area contributed by atoms with Crippen molar-refractivity contribution >= 4 is 31.9 Å². The first kappa shape index (κ1) is 11.1. The van der Waals surface area contributed by atoms with Crippen molar-refractivity contribution in [3.8, 4) is 0 Å². The first-order valence-corrected chi connectivity index (χ1v) is 5.42. The van der Waals surface area contributed by atoms with Crippen LogP contribution in [0.5, 0.6) is 0 Å². The van der Waals surface area contributed by atoms with Gasteiger partial charge in [-0.1, -0.05) is 0 Å². The Morgan fingerprint density at radius 2 is 1.92 bits per heavy atom. The highest BCUT2D eigenvalue weighted by Gasteiger charge is 2.06. The molecule has 0 bridgehead atoms. The number of nitrogens with zero attached hydrogens (tertiary/aromatic N) is 2. The lowest BCUT2D eigenvalue weighted by atomic mass is 10.3. The zero-order valence-electron chi connectivity index (χ0n) is 7.42. The predicted molar refractivity (Wildman–Crippen MR) is 57.6 cm³/mol. The van der Waals surface area contributed by atoms with Crippen LogP contribution >= 0.6 is 31.9 Å². The predicted octanol–water partition coefficient (Wildman–Crippen LogP) is 2.58. The highest BCUT2D eigenvalue weighted by molar-refractivity contribution is 9.11. The molecule has 0 fully saturated rings. The van der Waals surface area contributed by atoms with Gasteiger partial charge in [-0.15, -0.1) is 0 Å². The molecule has 1 aromatic heterocycles. The second-order valence-electron chi connectivity index (χ2n) is 2.68. The zero-order valence-corrected chi connectivity index (χ0v) is 10.6. The smallest absolute Gasteiger partial charge is 0.133 e. The van der Waals surface area contributed by atoms with Crippen molar-refractivity contribution in [3.63, 3.8) is 0 Å². The Labute approximate surface area is 94.2 Å². The molecule has 0 aliphatic rings. The second kappa shape index (κ2) is 5.02. The molecule has 0 aromatic carbocycles. The molecule has 0 saturated heterocycles. The van der Waals surface area contributed by atoms with Gasteiger partial charge >= 0.3 is 0 Å². The summed E-state index contributed by atoms with van der Waals surface area (Å²) in [6.07, 6.45) is 0.857. The van der Waals surface area contributed by atoms with Crippen LogP contribution in [0.25, 0.3) is 0 Å². The molecule has 1 heterocycles. The third kappa shape index (κ3) is 3.70. The number of hydrogen-bond donors (Lipinski definition) is 0. The molecule has 1 aromatic rings. The van der Waals surface area contributed by atoms with E-state index < -0.39 is 0 Å². The molecule has 3 nitrogen and oxygen atoms in total. The first-order chi connectivity index (χ1) is 6.11. The van der Waals surface area contributed by atoms with Gasteiger partial charge in [0.15, 0.2) is 0 Å². The van der Waals surface area contributed by atoms with Gasteiger partial charge in [-0.2, -0.15) is 0 Å². The van der Waals surface area contributed by atoms with E-state index in [1.165, 1.54) is 0 Å². The van der Waals surface area contributed by atoms with Crippen LogP contribution in [0.2, 0.25) is 0 Å². The van der Waals surface area contributed by atoms with E-state index in [9.17, 15) is 0 Å². The maximum Gasteiger partial charge on any atom is 0.133 e. The lowest BCUT2D eigenvalue weighted by molar-refractivity contribution is 0.117. The molecule has 1 unspecified atom stereocenters. The molecular formula is C8H10Br2N2O. The molecule has 0 N–H and O–H groups in total. The maximum atomic E-state index is 5.12. The fourth-order valence-corrected chi connectivity index (χ4v) is 2.02. The molecular weight excluding hydrogens is 300 g/mol. The van der Waals surface area contributed by atoms with Crippen LogP contribution in [-0.4, -0.2) is 23.2 Å². The van der Waals surface area contributed by atoms with E-state index in [0.29, 0.717) is 6.42 Å². The molecule has 0 aliphatic carbocycles. The highest BCUT2D eigenvalue weighted by atomic mass is 79.9. The van der Waals surface area contributed by atoms with Crippen molar-refractivity contribution < 1.29 is 4.74 Å². The van der Waals surface area contributed by atoms with Crippen molar-refractivity contribution in [3.05, 3.63) is 21.1 Å². The van der Waals surface area contributed by atoms with Crippen LogP contribution in [0.3, 0.4) is 0 Å². The quantitative estimate of drug-likeness (QED) is 0.805. The van der Waals surface area contributed by atoms with Gasteiger partial charge < -0.3 is 4.74 Å². The van der Waals surface area contributed by atoms with Gasteiger partial charge in [0.05, 0.1) is 6.10 Å².